The quantitative estimate of drug-likeness (QED) is 0.0517. The molecule has 0 bridgehead atoms. The minimum atomic E-state index is -5.01. The Labute approximate surface area is 242 Å². The standard InChI is InChI=1S/C21H27N11O8S2/c22-19(30-5-1-2-6-30)24-7-11-8-25-31(28-11)9-13-15(17(34)32(13)42(37,38)39)27-16(33)14(12-10-41-20(23)26-12)29-40-21(3-4-21)18(35)36/h8,10,13,15H,1-7,9H2,(H2,22,24)(H2,23,26)(H,27,33)(H,35,36)(H,37,38,39)/b29-14-/t13-,15+/m1/s1. The molecule has 0 radical (unpaired) electrons. The van der Waals surface area contributed by atoms with Crippen LogP contribution in [0.4, 0.5) is 5.13 Å². The molecular formula is C21H27N11O8S2. The molecule has 1 aliphatic carbocycles. The van der Waals surface area contributed by atoms with Gasteiger partial charge in [0.1, 0.15) is 23.5 Å². The van der Waals surface area contributed by atoms with Gasteiger partial charge in [0.25, 0.3) is 11.8 Å². The van der Waals surface area contributed by atoms with Gasteiger partial charge >= 0.3 is 16.3 Å². The van der Waals surface area contributed by atoms with Gasteiger partial charge in [-0.05, 0) is 12.8 Å². The average Bonchev–Trinajstić information content (AvgIpc) is 3.28. The summed E-state index contributed by atoms with van der Waals surface area (Å²) in [7, 11) is -5.01. The third-order valence-corrected chi connectivity index (χ3v) is 8.50. The molecule has 3 fully saturated rings. The number of β-lactam (4-membered cyclic amide) rings is 1. The topological polar surface area (TPSA) is 271 Å². The van der Waals surface area contributed by atoms with Gasteiger partial charge in [-0.25, -0.2) is 14.1 Å². The van der Waals surface area contributed by atoms with E-state index in [-0.39, 0.29) is 47.0 Å². The molecule has 0 spiro atoms. The molecule has 0 aromatic carbocycles. The largest absolute Gasteiger partial charge is 0.478 e. The number of carboxylic acids is 1. The van der Waals surface area contributed by atoms with E-state index in [1.54, 1.807) is 0 Å². The number of carbonyl (C=O) groups is 3. The Bertz CT molecular complexity index is 1540. The Kier molecular flexibility index (Phi) is 7.72. The molecule has 7 N–H and O–H groups in total. The predicted octanol–water partition coefficient (Wildman–Crippen LogP) is -2.03. The van der Waals surface area contributed by atoms with Crippen molar-refractivity contribution >= 4 is 56.2 Å². The maximum absolute atomic E-state index is 13.2. The summed E-state index contributed by atoms with van der Waals surface area (Å²) in [5, 5.41) is 36.2. The Morgan fingerprint density at radius 1 is 1.31 bits per heavy atom. The number of aromatic nitrogens is 4. The summed E-state index contributed by atoms with van der Waals surface area (Å²) in [6.07, 6.45) is 3.73. The Hall–Kier alpha value is -4.37. The van der Waals surface area contributed by atoms with Crippen LogP contribution in [0.1, 0.15) is 37.1 Å². The number of nitrogens with two attached hydrogens (primary N) is 1. The lowest BCUT2D eigenvalue weighted by Crippen LogP contribution is -2.73. The molecule has 2 aromatic rings. The number of amides is 2. The van der Waals surface area contributed by atoms with Gasteiger partial charge in [-0.15, -0.1) is 11.3 Å². The van der Waals surface area contributed by atoms with E-state index in [4.69, 9.17) is 16.0 Å². The van der Waals surface area contributed by atoms with Crippen molar-refractivity contribution in [1.82, 2.24) is 39.8 Å². The smallest absolute Gasteiger partial charge is 0.362 e. The molecule has 2 amide bonds. The lowest BCUT2D eigenvalue weighted by Gasteiger charge is -2.43. The highest BCUT2D eigenvalue weighted by molar-refractivity contribution is 7.84. The van der Waals surface area contributed by atoms with Crippen LogP contribution in [0.3, 0.4) is 0 Å². The fourth-order valence-corrected chi connectivity index (χ4v) is 5.86. The number of carbonyl (C=O) groups excluding carboxylic acids is 2. The van der Waals surface area contributed by atoms with E-state index in [0.29, 0.717) is 5.69 Å². The molecule has 2 aliphatic heterocycles. The Morgan fingerprint density at radius 2 is 2.02 bits per heavy atom. The second-order valence-corrected chi connectivity index (χ2v) is 12.0. The molecule has 42 heavy (non-hydrogen) atoms. The van der Waals surface area contributed by atoms with Crippen LogP contribution in [0.2, 0.25) is 0 Å². The fourth-order valence-electron chi connectivity index (χ4n) is 4.44. The number of oxime groups is 1. The summed E-state index contributed by atoms with van der Waals surface area (Å²) in [6.45, 7) is 1.38. The number of rotatable bonds is 11. The number of hydrogen-bond donors (Lipinski definition) is 6. The van der Waals surface area contributed by atoms with Crippen molar-refractivity contribution in [2.75, 3.05) is 18.8 Å². The van der Waals surface area contributed by atoms with Crippen molar-refractivity contribution in [2.45, 2.75) is 56.5 Å². The van der Waals surface area contributed by atoms with E-state index < -0.39 is 51.5 Å². The highest BCUT2D eigenvalue weighted by atomic mass is 32.2. The van der Waals surface area contributed by atoms with Crippen molar-refractivity contribution in [2.24, 2.45) is 5.16 Å². The number of likely N-dealkylation sites (tertiary alicyclic amines) is 1. The van der Waals surface area contributed by atoms with Crippen LogP contribution in [-0.4, -0.2) is 107 Å². The predicted molar refractivity (Wildman–Crippen MR) is 143 cm³/mol. The lowest BCUT2D eigenvalue weighted by molar-refractivity contribution is -0.153. The van der Waals surface area contributed by atoms with Crippen LogP contribution in [0.25, 0.3) is 0 Å². The SMILES string of the molecule is N=C(NCc1cnn(C[C@@H]2[C@H](NC(=O)/C(=N\OC3(C(=O)O)CC3)c3csc(N)n3)C(=O)N2S(=O)(=O)O)n1)N1CCCC1. The Morgan fingerprint density at radius 3 is 2.62 bits per heavy atom. The van der Waals surface area contributed by atoms with Crippen molar-refractivity contribution in [3.8, 4) is 0 Å². The van der Waals surface area contributed by atoms with Crippen molar-refractivity contribution in [3.63, 3.8) is 0 Å². The van der Waals surface area contributed by atoms with Crippen LogP contribution < -0.4 is 16.4 Å². The monoisotopic (exact) mass is 625 g/mol. The van der Waals surface area contributed by atoms with Crippen LogP contribution in [-0.2, 0) is 42.6 Å². The minimum absolute atomic E-state index is 0.0588. The molecule has 3 aliphatic rings. The number of guanidine groups is 1. The van der Waals surface area contributed by atoms with Gasteiger partial charge in [-0.2, -0.15) is 23.4 Å². The van der Waals surface area contributed by atoms with Crippen LogP contribution in [0.15, 0.2) is 16.7 Å². The molecule has 2 saturated heterocycles. The van der Waals surface area contributed by atoms with Gasteiger partial charge < -0.3 is 31.2 Å². The molecule has 4 heterocycles. The molecule has 21 heteroatoms. The van der Waals surface area contributed by atoms with E-state index in [9.17, 15) is 32.5 Å². The van der Waals surface area contributed by atoms with Crippen LogP contribution in [0.5, 0.6) is 0 Å². The zero-order valence-electron chi connectivity index (χ0n) is 21.8. The highest BCUT2D eigenvalue weighted by Crippen LogP contribution is 2.40. The molecular weight excluding hydrogens is 598 g/mol. The van der Waals surface area contributed by atoms with Gasteiger partial charge in [0, 0.05) is 31.3 Å². The van der Waals surface area contributed by atoms with Crippen LogP contribution >= 0.6 is 11.3 Å². The van der Waals surface area contributed by atoms with Gasteiger partial charge in [0.15, 0.2) is 16.8 Å². The molecule has 2 aromatic heterocycles. The molecule has 0 unspecified atom stereocenters. The van der Waals surface area contributed by atoms with E-state index in [0.717, 1.165) is 42.1 Å². The lowest BCUT2D eigenvalue weighted by atomic mass is 9.98. The van der Waals surface area contributed by atoms with Gasteiger partial charge in [0.05, 0.1) is 19.3 Å². The number of aliphatic carboxylic acids is 1. The fraction of sp³-hybridized carbons (Fsp3) is 0.524. The van der Waals surface area contributed by atoms with E-state index in [1.165, 1.54) is 11.6 Å². The van der Waals surface area contributed by atoms with E-state index in [1.807, 2.05) is 4.90 Å². The molecule has 2 atom stereocenters. The first kappa shape index (κ1) is 29.1. The summed E-state index contributed by atoms with van der Waals surface area (Å²) < 4.78 is 33.7. The maximum Gasteiger partial charge on any atom is 0.362 e. The summed E-state index contributed by atoms with van der Waals surface area (Å²) >= 11 is 0.971. The second-order valence-electron chi connectivity index (χ2n) is 9.82. The van der Waals surface area contributed by atoms with Gasteiger partial charge in [0.2, 0.25) is 5.60 Å². The van der Waals surface area contributed by atoms with E-state index in [2.05, 4.69) is 31.0 Å². The zero-order chi connectivity index (χ0) is 30.2. The van der Waals surface area contributed by atoms with Crippen molar-refractivity contribution < 1.29 is 37.3 Å². The van der Waals surface area contributed by atoms with Crippen LogP contribution in [0, 0.1) is 5.41 Å². The maximum atomic E-state index is 13.2. The summed E-state index contributed by atoms with van der Waals surface area (Å²) in [5.74, 6) is -3.19. The number of carboxylic acid groups (broad SMARTS) is 1. The number of anilines is 1. The average molecular weight is 626 g/mol. The van der Waals surface area contributed by atoms with Gasteiger partial charge in [-0.3, -0.25) is 19.6 Å². The number of hydrogen-bond acceptors (Lipinski definition) is 13. The highest BCUT2D eigenvalue weighted by Gasteiger charge is 2.56. The van der Waals surface area contributed by atoms with Crippen molar-refractivity contribution in [1.29, 1.82) is 5.41 Å². The normalized spacial score (nSPS) is 21.5. The van der Waals surface area contributed by atoms with E-state index >= 15 is 0 Å². The molecule has 19 nitrogen and oxygen atoms in total. The first-order chi connectivity index (χ1) is 19.9. The third kappa shape index (κ3) is 5.97. The molecule has 5 rings (SSSR count). The second kappa shape index (κ2) is 11.1. The Balaban J connectivity index is 1.30. The summed E-state index contributed by atoms with van der Waals surface area (Å²) in [5.41, 5.74) is 3.95. The minimum Gasteiger partial charge on any atom is -0.478 e. The van der Waals surface area contributed by atoms with Gasteiger partial charge in [-0.1, -0.05) is 5.16 Å². The first-order valence-corrected chi connectivity index (χ1v) is 14.9. The molecule has 1 saturated carbocycles. The number of nitrogens with one attached hydrogen (secondary N) is 3. The zero-order valence-corrected chi connectivity index (χ0v) is 23.5. The number of nitrogen functional groups attached to an aromatic ring is 1. The number of nitrogens with zero attached hydrogens (tertiary/aromatic N) is 7. The third-order valence-electron chi connectivity index (χ3n) is 6.88. The number of thiazole rings is 1. The molecule has 226 valence electrons. The summed E-state index contributed by atoms with van der Waals surface area (Å²) in [4.78, 5) is 49.5. The first-order valence-electron chi connectivity index (χ1n) is 12.7. The van der Waals surface area contributed by atoms with Crippen molar-refractivity contribution in [3.05, 3.63) is 23.0 Å². The summed E-state index contributed by atoms with van der Waals surface area (Å²) in [6, 6.07) is -2.80.